The number of hydrogen-bond acceptors (Lipinski definition) is 3. The number of hydrogen-bond donors (Lipinski definition) is 1. The normalized spacial score (nSPS) is 21.7. The van der Waals surface area contributed by atoms with Gasteiger partial charge < -0.3 is 9.84 Å². The Kier molecular flexibility index (Phi) is 13.3. The van der Waals surface area contributed by atoms with Gasteiger partial charge in [-0.3, -0.25) is 9.59 Å². The van der Waals surface area contributed by atoms with E-state index in [0.717, 1.165) is 38.5 Å². The van der Waals surface area contributed by atoms with Crippen LogP contribution >= 0.6 is 0 Å². The van der Waals surface area contributed by atoms with E-state index in [4.69, 9.17) is 4.74 Å². The largest absolute Gasteiger partial charge is 0.481 e. The van der Waals surface area contributed by atoms with Gasteiger partial charge in [-0.2, -0.15) is 0 Å². The number of ether oxygens (including phenoxy) is 1. The van der Waals surface area contributed by atoms with Gasteiger partial charge in [0.2, 0.25) is 0 Å². The highest BCUT2D eigenvalue weighted by molar-refractivity contribution is 5.75. The van der Waals surface area contributed by atoms with E-state index in [1.54, 1.807) is 0 Å². The lowest BCUT2D eigenvalue weighted by Crippen LogP contribution is -2.31. The van der Waals surface area contributed by atoms with Crippen LogP contribution in [-0.4, -0.2) is 23.1 Å². The van der Waals surface area contributed by atoms with E-state index in [1.807, 2.05) is 0 Å². The molecule has 0 spiro atoms. The van der Waals surface area contributed by atoms with Crippen LogP contribution in [0.3, 0.4) is 0 Å². The molecule has 0 saturated heterocycles. The number of carbonyl (C=O) groups is 2. The first-order valence-electron chi connectivity index (χ1n) is 12.3. The molecule has 4 heteroatoms. The summed E-state index contributed by atoms with van der Waals surface area (Å²) in [5.74, 6) is -0.243. The molecule has 29 heavy (non-hydrogen) atoms. The zero-order valence-corrected chi connectivity index (χ0v) is 19.5. The van der Waals surface area contributed by atoms with E-state index in [2.05, 4.69) is 27.7 Å². The molecule has 1 saturated carbocycles. The van der Waals surface area contributed by atoms with E-state index >= 15 is 0 Å². The van der Waals surface area contributed by atoms with E-state index in [-0.39, 0.29) is 23.9 Å². The van der Waals surface area contributed by atoms with Crippen molar-refractivity contribution in [1.82, 2.24) is 0 Å². The molecular formula is C25H46O4. The minimum Gasteiger partial charge on any atom is -0.481 e. The molecule has 0 aliphatic heterocycles. The summed E-state index contributed by atoms with van der Waals surface area (Å²) in [6.45, 7) is 8.94. The number of aliphatic carboxylic acids is 1. The zero-order chi connectivity index (χ0) is 21.6. The topological polar surface area (TPSA) is 63.6 Å². The van der Waals surface area contributed by atoms with Crippen molar-refractivity contribution >= 4 is 11.9 Å². The second-order valence-corrected chi connectivity index (χ2v) is 9.67. The first-order chi connectivity index (χ1) is 13.9. The number of carbonyl (C=O) groups excluding carboxylic acids is 1. The number of carboxylic acid groups (broad SMARTS) is 1. The minimum absolute atomic E-state index is 0.00960. The molecule has 0 heterocycles. The second kappa shape index (κ2) is 14.8. The summed E-state index contributed by atoms with van der Waals surface area (Å²) >= 11 is 0. The van der Waals surface area contributed by atoms with Crippen molar-refractivity contribution in [3.8, 4) is 0 Å². The van der Waals surface area contributed by atoms with Gasteiger partial charge in [0, 0.05) is 0 Å². The molecule has 1 aliphatic rings. The van der Waals surface area contributed by atoms with Gasteiger partial charge in [0.1, 0.15) is 6.10 Å². The van der Waals surface area contributed by atoms with Crippen LogP contribution in [0.1, 0.15) is 118 Å². The predicted molar refractivity (Wildman–Crippen MR) is 119 cm³/mol. The lowest BCUT2D eigenvalue weighted by molar-refractivity contribution is -0.158. The predicted octanol–water partition coefficient (Wildman–Crippen LogP) is 7.00. The molecular weight excluding hydrogens is 364 g/mol. The van der Waals surface area contributed by atoms with Crippen LogP contribution in [0.5, 0.6) is 0 Å². The Labute approximate surface area is 179 Å². The van der Waals surface area contributed by atoms with Gasteiger partial charge in [0.05, 0.1) is 11.8 Å². The Bertz CT molecular complexity index is 460. The Morgan fingerprint density at radius 3 is 2.28 bits per heavy atom. The van der Waals surface area contributed by atoms with E-state index in [9.17, 15) is 14.7 Å². The average Bonchev–Trinajstić information content (AvgIpc) is 2.68. The number of esters is 1. The van der Waals surface area contributed by atoms with Crippen LogP contribution in [0.2, 0.25) is 0 Å². The summed E-state index contributed by atoms with van der Waals surface area (Å²) in [6, 6.07) is 0. The van der Waals surface area contributed by atoms with Crippen LogP contribution < -0.4 is 0 Å². The maximum atomic E-state index is 12.9. The maximum absolute atomic E-state index is 12.9. The van der Waals surface area contributed by atoms with Gasteiger partial charge in [-0.15, -0.1) is 0 Å². The molecule has 1 fully saturated rings. The SMILES string of the molecule is CCCCCC(CCC)CC(CCCC(C)C)OC(=O)C1CCCC(C(=O)O)C1. The number of rotatable bonds is 15. The van der Waals surface area contributed by atoms with Gasteiger partial charge in [-0.1, -0.05) is 79.1 Å². The Hall–Kier alpha value is -1.06. The molecule has 170 valence electrons. The summed E-state index contributed by atoms with van der Waals surface area (Å²) in [6.07, 6.45) is 14.2. The van der Waals surface area contributed by atoms with Crippen molar-refractivity contribution in [2.45, 2.75) is 124 Å². The Balaban J connectivity index is 2.68. The quantitative estimate of drug-likeness (QED) is 0.233. The van der Waals surface area contributed by atoms with Crippen molar-refractivity contribution in [2.24, 2.45) is 23.7 Å². The lowest BCUT2D eigenvalue weighted by atomic mass is 9.81. The molecule has 0 aromatic heterocycles. The summed E-state index contributed by atoms with van der Waals surface area (Å²) in [5.41, 5.74) is 0. The highest BCUT2D eigenvalue weighted by Gasteiger charge is 2.33. The fourth-order valence-electron chi connectivity index (χ4n) is 4.71. The van der Waals surface area contributed by atoms with Crippen molar-refractivity contribution in [2.75, 3.05) is 0 Å². The molecule has 1 rings (SSSR count). The molecule has 0 aromatic rings. The molecule has 4 unspecified atom stereocenters. The minimum atomic E-state index is -0.769. The third-order valence-electron chi connectivity index (χ3n) is 6.46. The van der Waals surface area contributed by atoms with Gasteiger partial charge in [0.25, 0.3) is 0 Å². The average molecular weight is 411 g/mol. The monoisotopic (exact) mass is 410 g/mol. The highest BCUT2D eigenvalue weighted by Crippen LogP contribution is 2.32. The highest BCUT2D eigenvalue weighted by atomic mass is 16.5. The molecule has 1 aliphatic carbocycles. The second-order valence-electron chi connectivity index (χ2n) is 9.67. The standard InChI is InChI=1S/C25H46O4/c1-5-7-8-13-20(11-6-2)17-23(16-9-12-19(3)4)29-25(28)22-15-10-14-21(18-22)24(26)27/h19-23H,5-18H2,1-4H3,(H,26,27). The van der Waals surface area contributed by atoms with E-state index < -0.39 is 5.97 Å². The van der Waals surface area contributed by atoms with Crippen LogP contribution in [0.15, 0.2) is 0 Å². The molecule has 4 atom stereocenters. The molecule has 0 aromatic carbocycles. The zero-order valence-electron chi connectivity index (χ0n) is 19.5. The summed E-state index contributed by atoms with van der Waals surface area (Å²) < 4.78 is 6.05. The fourth-order valence-corrected chi connectivity index (χ4v) is 4.71. The molecule has 1 N–H and O–H groups in total. The van der Waals surface area contributed by atoms with Crippen LogP contribution in [0.25, 0.3) is 0 Å². The molecule has 0 bridgehead atoms. The van der Waals surface area contributed by atoms with Crippen LogP contribution in [0, 0.1) is 23.7 Å². The third kappa shape index (κ3) is 11.1. The van der Waals surface area contributed by atoms with Gasteiger partial charge in [0.15, 0.2) is 0 Å². The van der Waals surface area contributed by atoms with Crippen LogP contribution in [0.4, 0.5) is 0 Å². The fraction of sp³-hybridized carbons (Fsp3) is 0.920. The Morgan fingerprint density at radius 2 is 1.66 bits per heavy atom. The number of unbranched alkanes of at least 4 members (excludes halogenated alkanes) is 2. The lowest BCUT2D eigenvalue weighted by Gasteiger charge is -2.29. The third-order valence-corrected chi connectivity index (χ3v) is 6.46. The Morgan fingerprint density at radius 1 is 0.931 bits per heavy atom. The van der Waals surface area contributed by atoms with Gasteiger partial charge in [-0.25, -0.2) is 0 Å². The van der Waals surface area contributed by atoms with Crippen molar-refractivity contribution in [3.05, 3.63) is 0 Å². The van der Waals surface area contributed by atoms with E-state index in [0.29, 0.717) is 24.7 Å². The summed E-state index contributed by atoms with van der Waals surface area (Å²) in [4.78, 5) is 24.2. The first-order valence-corrected chi connectivity index (χ1v) is 12.3. The number of carboxylic acids is 1. The molecule has 0 radical (unpaired) electrons. The van der Waals surface area contributed by atoms with E-state index in [1.165, 1.54) is 38.5 Å². The van der Waals surface area contributed by atoms with Crippen molar-refractivity contribution < 1.29 is 19.4 Å². The molecule has 0 amide bonds. The van der Waals surface area contributed by atoms with Crippen molar-refractivity contribution in [3.63, 3.8) is 0 Å². The molecule has 4 nitrogen and oxygen atoms in total. The first kappa shape index (κ1) is 26.0. The van der Waals surface area contributed by atoms with Gasteiger partial charge >= 0.3 is 11.9 Å². The maximum Gasteiger partial charge on any atom is 0.309 e. The van der Waals surface area contributed by atoms with Gasteiger partial charge in [-0.05, 0) is 50.4 Å². The summed E-state index contributed by atoms with van der Waals surface area (Å²) in [7, 11) is 0. The van der Waals surface area contributed by atoms with Crippen molar-refractivity contribution in [1.29, 1.82) is 0 Å². The smallest absolute Gasteiger partial charge is 0.309 e. The summed E-state index contributed by atoms with van der Waals surface area (Å²) in [5, 5.41) is 9.32. The van der Waals surface area contributed by atoms with Crippen LogP contribution in [-0.2, 0) is 14.3 Å².